The number of allylic oxidation sites excluding steroid dienone is 2. The van der Waals surface area contributed by atoms with Crippen LogP contribution in [0.5, 0.6) is 5.75 Å². The maximum Gasteiger partial charge on any atom is 0.416 e. The topological polar surface area (TPSA) is 59.4 Å². The molecule has 1 aromatic heterocycles. The lowest BCUT2D eigenvalue weighted by Crippen LogP contribution is -2.07. The minimum absolute atomic E-state index is 0.150. The molecule has 3 aromatic rings. The van der Waals surface area contributed by atoms with Crippen LogP contribution in [0.1, 0.15) is 52.1 Å². The van der Waals surface area contributed by atoms with Gasteiger partial charge in [0.1, 0.15) is 23.9 Å². The first kappa shape index (κ1) is 23.9. The molecule has 1 heterocycles. The van der Waals surface area contributed by atoms with Crippen LogP contribution in [0.25, 0.3) is 11.1 Å². The number of rotatable bonds is 6. The number of carboxylic acid groups (broad SMARTS) is 1. The molecule has 4 rings (SSSR count). The molecule has 4 nitrogen and oxygen atoms in total. The van der Waals surface area contributed by atoms with Gasteiger partial charge in [-0.15, -0.1) is 0 Å². The van der Waals surface area contributed by atoms with E-state index in [-0.39, 0.29) is 29.2 Å². The maximum atomic E-state index is 14.2. The number of nitrogens with zero attached hydrogens (tertiary/aromatic N) is 1. The molecule has 0 fully saturated rings. The summed E-state index contributed by atoms with van der Waals surface area (Å²) < 4.78 is 61.1. The molecule has 0 unspecified atom stereocenters. The molecule has 1 N–H and O–H groups in total. The second-order valence-electron chi connectivity index (χ2n) is 7.76. The largest absolute Gasteiger partial charge is 0.488 e. The normalized spacial score (nSPS) is 13.9. The Morgan fingerprint density at radius 1 is 1.06 bits per heavy atom. The fourth-order valence-corrected chi connectivity index (χ4v) is 4.24. The lowest BCUT2D eigenvalue weighted by Gasteiger charge is -2.17. The molecule has 1 aliphatic carbocycles. The van der Waals surface area contributed by atoms with E-state index in [1.807, 2.05) is 0 Å². The van der Waals surface area contributed by atoms with Crippen molar-refractivity contribution in [3.63, 3.8) is 0 Å². The number of pyridine rings is 1. The van der Waals surface area contributed by atoms with Gasteiger partial charge >= 0.3 is 12.1 Å². The number of hydrogen-bond acceptors (Lipinski definition) is 3. The van der Waals surface area contributed by atoms with Gasteiger partial charge in [-0.1, -0.05) is 28.1 Å². The van der Waals surface area contributed by atoms with Crippen LogP contribution in [0.4, 0.5) is 17.6 Å². The summed E-state index contributed by atoms with van der Waals surface area (Å²) in [7, 11) is 0. The van der Waals surface area contributed by atoms with Crippen LogP contribution in [0.2, 0.25) is 0 Å². The fraction of sp³-hybridized carbons (Fsp3) is 0.200. The van der Waals surface area contributed by atoms with Crippen molar-refractivity contribution in [3.8, 4) is 5.75 Å². The van der Waals surface area contributed by atoms with Gasteiger partial charge in [-0.2, -0.15) is 13.2 Å². The first-order valence-electron chi connectivity index (χ1n) is 10.3. The van der Waals surface area contributed by atoms with E-state index >= 15 is 0 Å². The van der Waals surface area contributed by atoms with Crippen LogP contribution in [0, 0.1) is 5.82 Å². The first-order chi connectivity index (χ1) is 16.1. The maximum absolute atomic E-state index is 14.2. The van der Waals surface area contributed by atoms with Gasteiger partial charge in [0.2, 0.25) is 0 Å². The fourth-order valence-electron chi connectivity index (χ4n) is 3.91. The molecule has 0 amide bonds. The van der Waals surface area contributed by atoms with Crippen LogP contribution in [-0.4, -0.2) is 16.1 Å². The number of hydrogen-bond donors (Lipinski definition) is 1. The Morgan fingerprint density at radius 2 is 1.82 bits per heavy atom. The van der Waals surface area contributed by atoms with Gasteiger partial charge < -0.3 is 9.84 Å². The summed E-state index contributed by atoms with van der Waals surface area (Å²) in [4.78, 5) is 15.5. The Hall–Kier alpha value is -3.20. The van der Waals surface area contributed by atoms with Crippen molar-refractivity contribution in [1.82, 2.24) is 4.98 Å². The van der Waals surface area contributed by atoms with Crippen molar-refractivity contribution < 1.29 is 32.2 Å². The second kappa shape index (κ2) is 9.58. The average molecular weight is 536 g/mol. The van der Waals surface area contributed by atoms with Gasteiger partial charge in [-0.25, -0.2) is 14.2 Å². The number of halogens is 5. The number of alkyl halides is 3. The van der Waals surface area contributed by atoms with Gasteiger partial charge in [0, 0.05) is 15.6 Å². The summed E-state index contributed by atoms with van der Waals surface area (Å²) in [6, 6.07) is 12.2. The van der Waals surface area contributed by atoms with Crippen molar-refractivity contribution in [2.45, 2.75) is 32.0 Å². The van der Waals surface area contributed by atoms with E-state index in [9.17, 15) is 27.5 Å². The number of carboxylic acids is 1. The summed E-state index contributed by atoms with van der Waals surface area (Å²) in [6.07, 6.45) is -2.90. The molecule has 2 aromatic carbocycles. The average Bonchev–Trinajstić information content (AvgIpc) is 3.27. The zero-order valence-electron chi connectivity index (χ0n) is 17.6. The Morgan fingerprint density at radius 3 is 2.53 bits per heavy atom. The predicted molar refractivity (Wildman–Crippen MR) is 122 cm³/mol. The zero-order chi connectivity index (χ0) is 24.5. The molecule has 0 saturated heterocycles. The summed E-state index contributed by atoms with van der Waals surface area (Å²) in [5.41, 5.74) is 1.18. The number of benzene rings is 2. The highest BCUT2D eigenvalue weighted by atomic mass is 79.9. The standard InChI is InChI=1S/C25H18BrF4NO3/c26-16-9-7-14(20(27)12-16)13-34-23-10-8-15(25(28,29)30)11-19(23)17-3-1-4-18(17)21-5-2-6-22(31-21)24(32)33/h2,5-12H,1,3-4,13H2,(H,32,33). The van der Waals surface area contributed by atoms with E-state index in [0.29, 0.717) is 40.6 Å². The summed E-state index contributed by atoms with van der Waals surface area (Å²) >= 11 is 3.18. The predicted octanol–water partition coefficient (Wildman–Crippen LogP) is 7.37. The third-order valence-corrected chi connectivity index (χ3v) is 6.02. The molecule has 0 atom stereocenters. The van der Waals surface area contributed by atoms with E-state index < -0.39 is 23.5 Å². The van der Waals surface area contributed by atoms with Crippen molar-refractivity contribution in [2.24, 2.45) is 0 Å². The molecule has 0 radical (unpaired) electrons. The molecule has 0 spiro atoms. The van der Waals surface area contributed by atoms with Gasteiger partial charge in [-0.05, 0) is 72.9 Å². The van der Waals surface area contributed by atoms with Crippen LogP contribution in [0.3, 0.4) is 0 Å². The molecule has 176 valence electrons. The Balaban J connectivity index is 1.78. The molecule has 0 bridgehead atoms. The van der Waals surface area contributed by atoms with E-state index in [2.05, 4.69) is 20.9 Å². The van der Waals surface area contributed by atoms with Crippen molar-refractivity contribution in [2.75, 3.05) is 0 Å². The third kappa shape index (κ3) is 5.14. The number of carbonyl (C=O) groups is 1. The number of aromatic carboxylic acids is 1. The highest BCUT2D eigenvalue weighted by Gasteiger charge is 2.32. The molecule has 9 heteroatoms. The monoisotopic (exact) mass is 535 g/mol. The third-order valence-electron chi connectivity index (χ3n) is 5.53. The summed E-state index contributed by atoms with van der Waals surface area (Å²) in [5.74, 6) is -1.51. The minimum atomic E-state index is -4.56. The smallest absolute Gasteiger partial charge is 0.416 e. The molecular weight excluding hydrogens is 518 g/mol. The van der Waals surface area contributed by atoms with Crippen LogP contribution < -0.4 is 4.74 Å². The zero-order valence-corrected chi connectivity index (χ0v) is 19.2. The van der Waals surface area contributed by atoms with E-state index in [4.69, 9.17) is 4.74 Å². The number of aromatic nitrogens is 1. The molecular formula is C25H18BrF4NO3. The molecule has 0 aliphatic heterocycles. The van der Waals surface area contributed by atoms with Crippen LogP contribution >= 0.6 is 15.9 Å². The minimum Gasteiger partial charge on any atom is -0.488 e. The van der Waals surface area contributed by atoms with E-state index in [1.54, 1.807) is 18.2 Å². The van der Waals surface area contributed by atoms with Gasteiger partial charge in [0.25, 0.3) is 0 Å². The van der Waals surface area contributed by atoms with Gasteiger partial charge in [-0.3, -0.25) is 0 Å². The first-order valence-corrected chi connectivity index (χ1v) is 11.1. The quantitative estimate of drug-likeness (QED) is 0.334. The van der Waals surface area contributed by atoms with E-state index in [1.165, 1.54) is 24.3 Å². The molecule has 0 saturated carbocycles. The van der Waals surface area contributed by atoms with Gasteiger partial charge in [0.15, 0.2) is 0 Å². The molecule has 34 heavy (non-hydrogen) atoms. The van der Waals surface area contributed by atoms with Crippen molar-refractivity contribution >= 4 is 33.0 Å². The Kier molecular flexibility index (Phi) is 6.74. The van der Waals surface area contributed by atoms with Gasteiger partial charge in [0.05, 0.1) is 11.3 Å². The second-order valence-corrected chi connectivity index (χ2v) is 8.67. The lowest BCUT2D eigenvalue weighted by atomic mass is 9.97. The Bertz CT molecular complexity index is 1290. The van der Waals surface area contributed by atoms with Crippen LogP contribution in [-0.2, 0) is 12.8 Å². The summed E-state index contributed by atoms with van der Waals surface area (Å²) in [5, 5.41) is 9.27. The highest BCUT2D eigenvalue weighted by molar-refractivity contribution is 9.10. The SMILES string of the molecule is O=C(O)c1cccc(C2=C(c3cc(C(F)(F)F)ccc3OCc3ccc(Br)cc3F)CCC2)n1. The number of ether oxygens (including phenoxy) is 1. The van der Waals surface area contributed by atoms with Crippen molar-refractivity contribution in [1.29, 1.82) is 0 Å². The molecule has 1 aliphatic rings. The lowest BCUT2D eigenvalue weighted by molar-refractivity contribution is -0.137. The van der Waals surface area contributed by atoms with E-state index in [0.717, 1.165) is 12.1 Å². The highest BCUT2D eigenvalue weighted by Crippen LogP contribution is 2.44. The van der Waals surface area contributed by atoms with Crippen LogP contribution in [0.15, 0.2) is 59.1 Å². The Labute approximate surface area is 201 Å². The summed E-state index contributed by atoms with van der Waals surface area (Å²) in [6.45, 7) is -0.174. The van der Waals surface area contributed by atoms with Crippen molar-refractivity contribution in [3.05, 3.63) is 93.0 Å².